The molecule has 2 rings (SSSR count). The van der Waals surface area contributed by atoms with E-state index in [4.69, 9.17) is 4.74 Å². The van der Waals surface area contributed by atoms with E-state index in [0.29, 0.717) is 16.3 Å². The van der Waals surface area contributed by atoms with Crippen molar-refractivity contribution in [2.24, 2.45) is 0 Å². The van der Waals surface area contributed by atoms with Crippen molar-refractivity contribution in [1.82, 2.24) is 9.80 Å². The Morgan fingerprint density at radius 1 is 1.09 bits per heavy atom. The molecule has 0 spiro atoms. The van der Waals surface area contributed by atoms with E-state index >= 15 is 0 Å². The lowest BCUT2D eigenvalue weighted by molar-refractivity contribution is -0.143. The van der Waals surface area contributed by atoms with Gasteiger partial charge in [0.2, 0.25) is 5.91 Å². The van der Waals surface area contributed by atoms with Crippen LogP contribution in [-0.4, -0.2) is 53.8 Å². The topological polar surface area (TPSA) is 96.0 Å². The molecule has 116 valence electrons. The summed E-state index contributed by atoms with van der Waals surface area (Å²) >= 11 is 0. The highest BCUT2D eigenvalue weighted by Gasteiger charge is 2.44. The van der Waals surface area contributed by atoms with Gasteiger partial charge in [-0.05, 0) is 31.2 Å². The molecule has 1 aliphatic heterocycles. The van der Waals surface area contributed by atoms with Gasteiger partial charge in [0.25, 0.3) is 0 Å². The van der Waals surface area contributed by atoms with Crippen molar-refractivity contribution in [1.29, 1.82) is 0 Å². The molecule has 1 saturated heterocycles. The summed E-state index contributed by atoms with van der Waals surface area (Å²) in [6.07, 6.45) is 0. The summed E-state index contributed by atoms with van der Waals surface area (Å²) < 4.78 is 4.99. The Hall–Kier alpha value is -2.90. The van der Waals surface area contributed by atoms with Gasteiger partial charge in [-0.25, -0.2) is 9.69 Å². The number of rotatable bonds is 5. The third-order valence-corrected chi connectivity index (χ3v) is 3.13. The van der Waals surface area contributed by atoms with Crippen LogP contribution >= 0.6 is 0 Å². The van der Waals surface area contributed by atoms with E-state index in [-0.39, 0.29) is 6.54 Å². The van der Waals surface area contributed by atoms with Crippen LogP contribution in [0.3, 0.4) is 0 Å². The Labute approximate surface area is 126 Å². The molecule has 0 unspecified atom stereocenters. The highest BCUT2D eigenvalue weighted by atomic mass is 16.5. The first-order chi connectivity index (χ1) is 10.5. The normalized spacial score (nSPS) is 14.5. The highest BCUT2D eigenvalue weighted by molar-refractivity contribution is 6.45. The summed E-state index contributed by atoms with van der Waals surface area (Å²) in [6, 6.07) is 5.78. The van der Waals surface area contributed by atoms with Crippen LogP contribution < -0.4 is 10.1 Å². The monoisotopic (exact) mass is 305 g/mol. The molecule has 5 amide bonds. The van der Waals surface area contributed by atoms with Crippen molar-refractivity contribution in [3.8, 4) is 5.75 Å². The van der Waals surface area contributed by atoms with E-state index in [9.17, 15) is 19.2 Å². The second-order valence-electron chi connectivity index (χ2n) is 4.50. The molecule has 0 aliphatic carbocycles. The third-order valence-electron chi connectivity index (χ3n) is 3.13. The van der Waals surface area contributed by atoms with Crippen molar-refractivity contribution < 1.29 is 23.9 Å². The average Bonchev–Trinajstić information content (AvgIpc) is 2.71. The van der Waals surface area contributed by atoms with Crippen LogP contribution in [0.15, 0.2) is 24.3 Å². The van der Waals surface area contributed by atoms with E-state index in [1.165, 1.54) is 7.11 Å². The fourth-order valence-corrected chi connectivity index (χ4v) is 1.99. The Bertz CT molecular complexity index is 626. The summed E-state index contributed by atoms with van der Waals surface area (Å²) in [7, 11) is 1.52. The molecule has 0 radical (unpaired) electrons. The third kappa shape index (κ3) is 2.90. The number of nitrogens with one attached hydrogen (secondary N) is 1. The Kier molecular flexibility index (Phi) is 4.40. The van der Waals surface area contributed by atoms with Gasteiger partial charge in [0.1, 0.15) is 12.3 Å². The molecule has 1 fully saturated rings. The van der Waals surface area contributed by atoms with Gasteiger partial charge in [0.05, 0.1) is 7.11 Å². The van der Waals surface area contributed by atoms with Crippen LogP contribution in [0.25, 0.3) is 0 Å². The molecule has 22 heavy (non-hydrogen) atoms. The van der Waals surface area contributed by atoms with Gasteiger partial charge in [-0.15, -0.1) is 0 Å². The molecular formula is C14H15N3O5. The van der Waals surface area contributed by atoms with Crippen molar-refractivity contribution >= 4 is 29.4 Å². The minimum Gasteiger partial charge on any atom is -0.497 e. The van der Waals surface area contributed by atoms with Crippen molar-refractivity contribution in [3.05, 3.63) is 24.3 Å². The number of urea groups is 1. The van der Waals surface area contributed by atoms with Gasteiger partial charge in [-0.2, -0.15) is 0 Å². The Morgan fingerprint density at radius 3 is 2.18 bits per heavy atom. The van der Waals surface area contributed by atoms with Gasteiger partial charge in [-0.1, -0.05) is 0 Å². The summed E-state index contributed by atoms with van der Waals surface area (Å²) in [4.78, 5) is 48.4. The number of benzene rings is 1. The number of ether oxygens (including phenoxy) is 1. The van der Waals surface area contributed by atoms with Crippen molar-refractivity contribution in [2.75, 3.05) is 25.5 Å². The molecule has 1 aromatic rings. The molecular weight excluding hydrogens is 290 g/mol. The molecule has 1 aliphatic rings. The van der Waals surface area contributed by atoms with Crippen LogP contribution in [-0.2, 0) is 14.4 Å². The molecule has 0 bridgehead atoms. The molecule has 1 aromatic carbocycles. The average molecular weight is 305 g/mol. The number of hydrogen-bond donors (Lipinski definition) is 1. The minimum atomic E-state index is -0.989. The first kappa shape index (κ1) is 15.5. The van der Waals surface area contributed by atoms with Crippen molar-refractivity contribution in [2.45, 2.75) is 6.92 Å². The van der Waals surface area contributed by atoms with E-state index in [2.05, 4.69) is 5.32 Å². The van der Waals surface area contributed by atoms with Crippen molar-refractivity contribution in [3.63, 3.8) is 0 Å². The molecule has 1 N–H and O–H groups in total. The summed E-state index contributed by atoms with van der Waals surface area (Å²) in [6.45, 7) is 1.15. The zero-order valence-electron chi connectivity index (χ0n) is 12.2. The zero-order valence-corrected chi connectivity index (χ0v) is 12.2. The summed E-state index contributed by atoms with van der Waals surface area (Å²) in [5.41, 5.74) is 0.489. The number of likely N-dealkylation sites (N-methyl/N-ethyl adjacent to an activating group) is 1. The first-order valence-corrected chi connectivity index (χ1v) is 6.59. The molecule has 8 heteroatoms. The predicted molar refractivity (Wildman–Crippen MR) is 76.1 cm³/mol. The zero-order chi connectivity index (χ0) is 16.3. The number of carbonyl (C=O) groups excluding carboxylic acids is 4. The van der Waals surface area contributed by atoms with E-state index in [1.54, 1.807) is 31.2 Å². The molecule has 8 nitrogen and oxygen atoms in total. The quantitative estimate of drug-likeness (QED) is 0.629. The first-order valence-electron chi connectivity index (χ1n) is 6.59. The number of hydrogen-bond acceptors (Lipinski definition) is 5. The smallest absolute Gasteiger partial charge is 0.334 e. The van der Waals surface area contributed by atoms with Gasteiger partial charge < -0.3 is 10.1 Å². The van der Waals surface area contributed by atoms with E-state index < -0.39 is 30.3 Å². The lowest BCUT2D eigenvalue weighted by atomic mass is 10.3. The predicted octanol–water partition coefficient (Wildman–Crippen LogP) is 0.444. The van der Waals surface area contributed by atoms with Crippen LogP contribution in [0.4, 0.5) is 10.5 Å². The number of imide groups is 2. The summed E-state index contributed by atoms with van der Waals surface area (Å²) in [5.74, 6) is -1.84. The number of carbonyl (C=O) groups is 4. The Morgan fingerprint density at radius 2 is 1.68 bits per heavy atom. The number of amides is 5. The molecule has 0 atom stereocenters. The van der Waals surface area contributed by atoms with Crippen LogP contribution in [0.2, 0.25) is 0 Å². The number of anilines is 1. The van der Waals surface area contributed by atoms with Gasteiger partial charge in [-0.3, -0.25) is 19.3 Å². The van der Waals surface area contributed by atoms with Gasteiger partial charge in [0.15, 0.2) is 0 Å². The second-order valence-corrected chi connectivity index (χ2v) is 4.50. The number of nitrogens with zero attached hydrogens (tertiary/aromatic N) is 2. The fourth-order valence-electron chi connectivity index (χ4n) is 1.99. The SMILES string of the molecule is CCN1C(=O)C(=O)N(CC(=O)Nc2ccc(OC)cc2)C1=O. The minimum absolute atomic E-state index is 0.0833. The summed E-state index contributed by atoms with van der Waals surface area (Å²) in [5, 5.41) is 2.54. The standard InChI is InChI=1S/C14H15N3O5/c1-3-16-12(19)13(20)17(14(16)21)8-11(18)15-9-4-6-10(22-2)7-5-9/h4-7H,3,8H2,1-2H3,(H,15,18). The van der Waals surface area contributed by atoms with Crippen LogP contribution in [0, 0.1) is 0 Å². The van der Waals surface area contributed by atoms with E-state index in [1.807, 2.05) is 0 Å². The van der Waals surface area contributed by atoms with Gasteiger partial charge >= 0.3 is 17.8 Å². The maximum absolute atomic E-state index is 11.9. The van der Waals surface area contributed by atoms with Crippen LogP contribution in [0.1, 0.15) is 6.92 Å². The Balaban J connectivity index is 2.01. The molecule has 1 heterocycles. The molecule has 0 aromatic heterocycles. The van der Waals surface area contributed by atoms with Gasteiger partial charge in [0, 0.05) is 12.2 Å². The molecule has 0 saturated carbocycles. The van der Waals surface area contributed by atoms with E-state index in [0.717, 1.165) is 4.90 Å². The maximum atomic E-state index is 11.9. The highest BCUT2D eigenvalue weighted by Crippen LogP contribution is 2.16. The maximum Gasteiger partial charge on any atom is 0.334 e. The number of methoxy groups -OCH3 is 1. The van der Waals surface area contributed by atoms with Crippen LogP contribution in [0.5, 0.6) is 5.75 Å². The fraction of sp³-hybridized carbons (Fsp3) is 0.286. The second kappa shape index (κ2) is 6.25. The lowest BCUT2D eigenvalue weighted by Gasteiger charge is -2.14. The lowest BCUT2D eigenvalue weighted by Crippen LogP contribution is -2.38. The largest absolute Gasteiger partial charge is 0.497 e.